The standard InChI is InChI=1S/C20H21N3O4/c1-2-6-18(24)22-15-9-10-17-16(11-15)23(20(26)13-27-17)12-19(25)21-14-7-4-3-5-8-14/h3-5,7-11H,2,6,12-13H2,1H3,(H,21,25)(H,22,24). The number of hydrogen-bond donors (Lipinski definition) is 2. The SMILES string of the molecule is CCCC(=O)Nc1ccc2c(c1)N(CC(=O)Nc1ccccc1)C(=O)CO2. The number of carbonyl (C=O) groups excluding carboxylic acids is 3. The summed E-state index contributed by atoms with van der Waals surface area (Å²) in [5, 5.41) is 5.55. The lowest BCUT2D eigenvalue weighted by Gasteiger charge is -2.29. The highest BCUT2D eigenvalue weighted by Crippen LogP contribution is 2.34. The zero-order chi connectivity index (χ0) is 19.2. The van der Waals surface area contributed by atoms with Gasteiger partial charge < -0.3 is 15.4 Å². The van der Waals surface area contributed by atoms with Crippen LogP contribution in [0, 0.1) is 0 Å². The fraction of sp³-hybridized carbons (Fsp3) is 0.250. The minimum absolute atomic E-state index is 0.103. The highest BCUT2D eigenvalue weighted by Gasteiger charge is 2.27. The van der Waals surface area contributed by atoms with Crippen LogP contribution < -0.4 is 20.3 Å². The van der Waals surface area contributed by atoms with Crippen molar-refractivity contribution in [3.05, 3.63) is 48.5 Å². The molecule has 3 amide bonds. The smallest absolute Gasteiger partial charge is 0.265 e. The number of para-hydroxylation sites is 1. The molecular weight excluding hydrogens is 346 g/mol. The Morgan fingerprint density at radius 1 is 1.04 bits per heavy atom. The number of nitrogens with one attached hydrogen (secondary N) is 2. The van der Waals surface area contributed by atoms with Crippen LogP contribution >= 0.6 is 0 Å². The lowest BCUT2D eigenvalue weighted by molar-refractivity contribution is -0.123. The quantitative estimate of drug-likeness (QED) is 0.822. The van der Waals surface area contributed by atoms with Gasteiger partial charge in [-0.1, -0.05) is 25.1 Å². The second-order valence-electron chi connectivity index (χ2n) is 6.16. The van der Waals surface area contributed by atoms with Crippen molar-refractivity contribution >= 4 is 34.8 Å². The van der Waals surface area contributed by atoms with Gasteiger partial charge in [-0.25, -0.2) is 0 Å². The van der Waals surface area contributed by atoms with Crippen molar-refractivity contribution in [3.63, 3.8) is 0 Å². The Morgan fingerprint density at radius 3 is 2.52 bits per heavy atom. The normalized spacial score (nSPS) is 12.8. The summed E-state index contributed by atoms with van der Waals surface area (Å²) in [7, 11) is 0. The van der Waals surface area contributed by atoms with Gasteiger partial charge in [0.1, 0.15) is 12.3 Å². The van der Waals surface area contributed by atoms with Gasteiger partial charge >= 0.3 is 0 Å². The molecule has 1 aliphatic rings. The van der Waals surface area contributed by atoms with Crippen molar-refractivity contribution in [2.45, 2.75) is 19.8 Å². The first kappa shape index (κ1) is 18.4. The molecular formula is C20H21N3O4. The summed E-state index contributed by atoms with van der Waals surface area (Å²) in [6.07, 6.45) is 1.15. The fourth-order valence-corrected chi connectivity index (χ4v) is 2.77. The highest BCUT2D eigenvalue weighted by molar-refractivity contribution is 6.05. The van der Waals surface area contributed by atoms with Gasteiger partial charge in [0.15, 0.2) is 6.61 Å². The molecule has 0 aromatic heterocycles. The molecule has 1 aliphatic heterocycles. The molecule has 2 N–H and O–H groups in total. The monoisotopic (exact) mass is 367 g/mol. The number of benzene rings is 2. The van der Waals surface area contributed by atoms with Crippen molar-refractivity contribution in [1.82, 2.24) is 0 Å². The molecule has 0 fully saturated rings. The molecule has 7 nitrogen and oxygen atoms in total. The lowest BCUT2D eigenvalue weighted by Crippen LogP contribution is -2.43. The minimum atomic E-state index is -0.317. The van der Waals surface area contributed by atoms with Crippen molar-refractivity contribution in [2.75, 3.05) is 28.7 Å². The van der Waals surface area contributed by atoms with Crippen LogP contribution in [0.2, 0.25) is 0 Å². The summed E-state index contributed by atoms with van der Waals surface area (Å²) in [4.78, 5) is 37.9. The Hall–Kier alpha value is -3.35. The Labute approximate surface area is 157 Å². The summed E-state index contributed by atoms with van der Waals surface area (Å²) in [6, 6.07) is 14.1. The maximum atomic E-state index is 12.4. The summed E-state index contributed by atoms with van der Waals surface area (Å²) >= 11 is 0. The third kappa shape index (κ3) is 4.63. The van der Waals surface area contributed by atoms with Crippen LogP contribution in [0.25, 0.3) is 0 Å². The molecule has 0 aliphatic carbocycles. The van der Waals surface area contributed by atoms with Crippen molar-refractivity contribution in [3.8, 4) is 5.75 Å². The summed E-state index contributed by atoms with van der Waals surface area (Å²) in [5.74, 6) is -0.241. The number of amides is 3. The predicted octanol–water partition coefficient (Wildman–Crippen LogP) is 2.79. The summed E-state index contributed by atoms with van der Waals surface area (Å²) < 4.78 is 5.44. The van der Waals surface area contributed by atoms with Crippen molar-refractivity contribution in [1.29, 1.82) is 0 Å². The zero-order valence-electron chi connectivity index (χ0n) is 15.0. The second-order valence-corrected chi connectivity index (χ2v) is 6.16. The number of nitrogens with zero attached hydrogens (tertiary/aromatic N) is 1. The summed E-state index contributed by atoms with van der Waals surface area (Å²) in [6.45, 7) is 1.65. The number of carbonyl (C=O) groups is 3. The molecule has 140 valence electrons. The molecule has 2 aromatic carbocycles. The predicted molar refractivity (Wildman–Crippen MR) is 103 cm³/mol. The van der Waals surface area contributed by atoms with Crippen LogP contribution in [0.15, 0.2) is 48.5 Å². The number of ether oxygens (including phenoxy) is 1. The first-order valence-corrected chi connectivity index (χ1v) is 8.79. The molecule has 1 heterocycles. The van der Waals surface area contributed by atoms with Gasteiger partial charge in [-0.15, -0.1) is 0 Å². The second kappa shape index (κ2) is 8.35. The van der Waals surface area contributed by atoms with E-state index in [1.54, 1.807) is 30.3 Å². The van der Waals surface area contributed by atoms with Gasteiger partial charge in [-0.05, 0) is 36.8 Å². The van der Waals surface area contributed by atoms with Crippen LogP contribution in [0.1, 0.15) is 19.8 Å². The van der Waals surface area contributed by atoms with E-state index in [9.17, 15) is 14.4 Å². The Kier molecular flexibility index (Phi) is 5.71. The molecule has 2 aromatic rings. The highest BCUT2D eigenvalue weighted by atomic mass is 16.5. The van der Waals surface area contributed by atoms with E-state index in [1.165, 1.54) is 4.90 Å². The molecule has 7 heteroatoms. The number of fused-ring (bicyclic) bond motifs is 1. The van der Waals surface area contributed by atoms with Gasteiger partial charge in [0.2, 0.25) is 11.8 Å². The van der Waals surface area contributed by atoms with E-state index in [0.717, 1.165) is 6.42 Å². The summed E-state index contributed by atoms with van der Waals surface area (Å²) in [5.41, 5.74) is 1.67. The Morgan fingerprint density at radius 2 is 1.78 bits per heavy atom. The topological polar surface area (TPSA) is 87.7 Å². The molecule has 0 saturated carbocycles. The van der Waals surface area contributed by atoms with Gasteiger partial charge in [-0.3, -0.25) is 19.3 Å². The molecule has 27 heavy (non-hydrogen) atoms. The van der Waals surface area contributed by atoms with Crippen LogP contribution in [-0.4, -0.2) is 30.9 Å². The van der Waals surface area contributed by atoms with E-state index in [0.29, 0.717) is 29.2 Å². The number of hydrogen-bond acceptors (Lipinski definition) is 4. The van der Waals surface area contributed by atoms with E-state index in [2.05, 4.69) is 10.6 Å². The van der Waals surface area contributed by atoms with E-state index in [4.69, 9.17) is 4.74 Å². The third-order valence-electron chi connectivity index (χ3n) is 4.02. The van der Waals surface area contributed by atoms with Gasteiger partial charge in [0, 0.05) is 17.8 Å². The largest absolute Gasteiger partial charge is 0.482 e. The Bertz CT molecular complexity index is 852. The van der Waals surface area contributed by atoms with Crippen molar-refractivity contribution < 1.29 is 19.1 Å². The lowest BCUT2D eigenvalue weighted by atomic mass is 10.2. The van der Waals surface area contributed by atoms with Gasteiger partial charge in [0.05, 0.1) is 5.69 Å². The molecule has 0 unspecified atom stereocenters. The molecule has 0 saturated heterocycles. The van der Waals surface area contributed by atoms with Crippen LogP contribution in [-0.2, 0) is 14.4 Å². The molecule has 0 atom stereocenters. The van der Waals surface area contributed by atoms with E-state index in [-0.39, 0.29) is 30.9 Å². The zero-order valence-corrected chi connectivity index (χ0v) is 15.0. The average molecular weight is 367 g/mol. The van der Waals surface area contributed by atoms with Gasteiger partial charge in [0.25, 0.3) is 5.91 Å². The third-order valence-corrected chi connectivity index (χ3v) is 4.02. The minimum Gasteiger partial charge on any atom is -0.482 e. The van der Waals surface area contributed by atoms with Crippen molar-refractivity contribution in [2.24, 2.45) is 0 Å². The number of anilines is 3. The maximum absolute atomic E-state index is 12.4. The maximum Gasteiger partial charge on any atom is 0.265 e. The van der Waals surface area contributed by atoms with Gasteiger partial charge in [-0.2, -0.15) is 0 Å². The Balaban J connectivity index is 1.77. The van der Waals surface area contributed by atoms with Crippen LogP contribution in [0.3, 0.4) is 0 Å². The fourth-order valence-electron chi connectivity index (χ4n) is 2.77. The number of rotatable bonds is 6. The molecule has 0 bridgehead atoms. The average Bonchev–Trinajstić information content (AvgIpc) is 2.65. The first-order chi connectivity index (χ1) is 13.1. The van der Waals surface area contributed by atoms with E-state index in [1.807, 2.05) is 25.1 Å². The molecule has 0 spiro atoms. The first-order valence-electron chi connectivity index (χ1n) is 8.79. The van der Waals surface area contributed by atoms with E-state index < -0.39 is 0 Å². The van der Waals surface area contributed by atoms with E-state index >= 15 is 0 Å². The van der Waals surface area contributed by atoms with Crippen LogP contribution in [0.5, 0.6) is 5.75 Å². The molecule has 0 radical (unpaired) electrons. The van der Waals surface area contributed by atoms with Crippen LogP contribution in [0.4, 0.5) is 17.1 Å². The molecule has 3 rings (SSSR count).